The van der Waals surface area contributed by atoms with E-state index in [4.69, 9.17) is 11.6 Å². The SMILES string of the molecule is CC(C)CSc1nc2[nH]c(=O)n(C)c(=O)c2n1Cc1ccccc1Cl. The van der Waals surface area contributed by atoms with Crippen LogP contribution < -0.4 is 11.2 Å². The first-order valence-electron chi connectivity index (χ1n) is 7.94. The summed E-state index contributed by atoms with van der Waals surface area (Å²) in [5, 5.41) is 1.33. The first-order valence-corrected chi connectivity index (χ1v) is 9.30. The topological polar surface area (TPSA) is 72.7 Å². The molecule has 0 bridgehead atoms. The van der Waals surface area contributed by atoms with E-state index in [1.165, 1.54) is 7.05 Å². The number of H-pyrrole nitrogens is 1. The van der Waals surface area contributed by atoms with Gasteiger partial charge < -0.3 is 4.57 Å². The van der Waals surface area contributed by atoms with Crippen LogP contribution in [0.5, 0.6) is 0 Å². The van der Waals surface area contributed by atoms with Crippen LogP contribution in [0.1, 0.15) is 19.4 Å². The van der Waals surface area contributed by atoms with E-state index in [9.17, 15) is 9.59 Å². The maximum absolute atomic E-state index is 12.6. The molecule has 1 N–H and O–H groups in total. The quantitative estimate of drug-likeness (QED) is 0.693. The van der Waals surface area contributed by atoms with Crippen molar-refractivity contribution >= 4 is 34.5 Å². The summed E-state index contributed by atoms with van der Waals surface area (Å²) < 4.78 is 2.89. The molecule has 0 saturated heterocycles. The summed E-state index contributed by atoms with van der Waals surface area (Å²) in [5.41, 5.74) is 0.748. The molecule has 0 aliphatic carbocycles. The summed E-state index contributed by atoms with van der Waals surface area (Å²) in [6, 6.07) is 7.50. The summed E-state index contributed by atoms with van der Waals surface area (Å²) in [6.45, 7) is 4.65. The van der Waals surface area contributed by atoms with E-state index < -0.39 is 5.69 Å². The second-order valence-corrected chi connectivity index (χ2v) is 7.66. The fraction of sp³-hybridized carbons (Fsp3) is 0.353. The highest BCUT2D eigenvalue weighted by molar-refractivity contribution is 7.99. The average molecular weight is 379 g/mol. The van der Waals surface area contributed by atoms with Crippen LogP contribution in [0.3, 0.4) is 0 Å². The molecule has 1 aromatic carbocycles. The number of fused-ring (bicyclic) bond motifs is 1. The Morgan fingerprint density at radius 1 is 1.28 bits per heavy atom. The van der Waals surface area contributed by atoms with Crippen LogP contribution in [0.15, 0.2) is 39.0 Å². The minimum Gasteiger partial charge on any atom is -0.309 e. The Kier molecular flexibility index (Phi) is 5.06. The molecule has 132 valence electrons. The first kappa shape index (κ1) is 17.8. The molecule has 0 amide bonds. The van der Waals surface area contributed by atoms with Gasteiger partial charge >= 0.3 is 5.69 Å². The van der Waals surface area contributed by atoms with Crippen LogP contribution in [0, 0.1) is 5.92 Å². The molecule has 0 atom stereocenters. The zero-order chi connectivity index (χ0) is 18.1. The lowest BCUT2D eigenvalue weighted by molar-refractivity contribution is 0.709. The third kappa shape index (κ3) is 3.52. The maximum atomic E-state index is 12.6. The van der Waals surface area contributed by atoms with E-state index in [1.807, 2.05) is 28.8 Å². The molecule has 0 unspecified atom stereocenters. The average Bonchev–Trinajstić information content (AvgIpc) is 2.90. The van der Waals surface area contributed by atoms with Crippen molar-refractivity contribution < 1.29 is 0 Å². The molecule has 3 aromatic rings. The van der Waals surface area contributed by atoms with Crippen molar-refractivity contribution in [3.05, 3.63) is 55.7 Å². The molecule has 0 spiro atoms. The van der Waals surface area contributed by atoms with Crippen molar-refractivity contribution in [3.63, 3.8) is 0 Å². The van der Waals surface area contributed by atoms with Crippen LogP contribution in [-0.2, 0) is 13.6 Å². The molecule has 0 aliphatic heterocycles. The Labute approximate surface area is 153 Å². The largest absolute Gasteiger partial charge is 0.329 e. The van der Waals surface area contributed by atoms with Crippen molar-refractivity contribution in [2.75, 3.05) is 5.75 Å². The normalized spacial score (nSPS) is 11.6. The van der Waals surface area contributed by atoms with Gasteiger partial charge in [-0.3, -0.25) is 14.3 Å². The van der Waals surface area contributed by atoms with Gasteiger partial charge in [-0.15, -0.1) is 0 Å². The van der Waals surface area contributed by atoms with Crippen LogP contribution in [0.4, 0.5) is 0 Å². The third-order valence-corrected chi connectivity index (χ3v) is 5.57. The molecule has 8 heteroatoms. The molecule has 2 heterocycles. The first-order chi connectivity index (χ1) is 11.9. The standard InChI is InChI=1S/C17H19ClN4O2S/c1-10(2)9-25-17-20-14-13(15(23)21(3)16(24)19-14)22(17)8-11-6-4-5-7-12(11)18/h4-7,10H,8-9H2,1-3H3,(H,19,24). The lowest BCUT2D eigenvalue weighted by Gasteiger charge is -2.11. The summed E-state index contributed by atoms with van der Waals surface area (Å²) >= 11 is 7.85. The number of aromatic amines is 1. The molecular formula is C17H19ClN4O2S. The highest BCUT2D eigenvalue weighted by Crippen LogP contribution is 2.25. The van der Waals surface area contributed by atoms with Gasteiger partial charge in [0, 0.05) is 17.8 Å². The second kappa shape index (κ2) is 7.09. The summed E-state index contributed by atoms with van der Waals surface area (Å²) in [7, 11) is 1.45. The maximum Gasteiger partial charge on any atom is 0.329 e. The predicted octanol–water partition coefficient (Wildman–Crippen LogP) is 2.87. The fourth-order valence-electron chi connectivity index (χ4n) is 2.47. The van der Waals surface area contributed by atoms with Crippen molar-refractivity contribution in [1.82, 2.24) is 19.1 Å². The number of hydrogen-bond donors (Lipinski definition) is 1. The van der Waals surface area contributed by atoms with Gasteiger partial charge in [0.15, 0.2) is 16.3 Å². The number of nitrogens with one attached hydrogen (secondary N) is 1. The smallest absolute Gasteiger partial charge is 0.309 e. The number of halogens is 1. The van der Waals surface area contributed by atoms with Gasteiger partial charge in [0.1, 0.15) is 0 Å². The van der Waals surface area contributed by atoms with Crippen molar-refractivity contribution in [3.8, 4) is 0 Å². The minimum atomic E-state index is -0.472. The number of nitrogens with zero attached hydrogens (tertiary/aromatic N) is 3. The zero-order valence-corrected chi connectivity index (χ0v) is 15.8. The van der Waals surface area contributed by atoms with Gasteiger partial charge in [-0.2, -0.15) is 0 Å². The van der Waals surface area contributed by atoms with Crippen molar-refractivity contribution in [2.24, 2.45) is 13.0 Å². The Balaban J connectivity index is 2.20. The molecule has 6 nitrogen and oxygen atoms in total. The van der Waals surface area contributed by atoms with E-state index in [0.717, 1.165) is 15.9 Å². The number of benzene rings is 1. The third-order valence-electron chi connectivity index (χ3n) is 3.80. The Morgan fingerprint density at radius 3 is 2.68 bits per heavy atom. The van der Waals surface area contributed by atoms with Crippen molar-refractivity contribution in [2.45, 2.75) is 25.5 Å². The van der Waals surface area contributed by atoms with Gasteiger partial charge in [-0.05, 0) is 17.5 Å². The van der Waals surface area contributed by atoms with Crippen LogP contribution in [0.2, 0.25) is 5.02 Å². The number of aromatic nitrogens is 4. The number of hydrogen-bond acceptors (Lipinski definition) is 4. The van der Waals surface area contributed by atoms with Crippen LogP contribution in [-0.4, -0.2) is 24.9 Å². The Bertz CT molecular complexity index is 1040. The van der Waals surface area contributed by atoms with Gasteiger partial charge in [0.05, 0.1) is 6.54 Å². The molecule has 2 aromatic heterocycles. The lowest BCUT2D eigenvalue weighted by Crippen LogP contribution is -2.33. The lowest BCUT2D eigenvalue weighted by atomic mass is 10.2. The van der Waals surface area contributed by atoms with Crippen LogP contribution in [0.25, 0.3) is 11.2 Å². The molecular weight excluding hydrogens is 360 g/mol. The zero-order valence-electron chi connectivity index (χ0n) is 14.2. The summed E-state index contributed by atoms with van der Waals surface area (Å²) in [4.78, 5) is 31.7. The molecule has 0 radical (unpaired) electrons. The Morgan fingerprint density at radius 2 is 2.00 bits per heavy atom. The van der Waals surface area contributed by atoms with E-state index in [2.05, 4.69) is 23.8 Å². The van der Waals surface area contributed by atoms with Crippen LogP contribution >= 0.6 is 23.4 Å². The minimum absolute atomic E-state index is 0.311. The predicted molar refractivity (Wildman–Crippen MR) is 102 cm³/mol. The number of imidazole rings is 1. The second-order valence-electron chi connectivity index (χ2n) is 6.27. The monoisotopic (exact) mass is 378 g/mol. The van der Waals surface area contributed by atoms with Gasteiger partial charge in [-0.1, -0.05) is 55.4 Å². The molecule has 0 saturated carbocycles. The molecule has 0 aliphatic rings. The highest BCUT2D eigenvalue weighted by atomic mass is 35.5. The van der Waals surface area contributed by atoms with E-state index in [1.54, 1.807) is 11.8 Å². The fourth-order valence-corrected chi connectivity index (χ4v) is 3.61. The molecule has 25 heavy (non-hydrogen) atoms. The van der Waals surface area contributed by atoms with Gasteiger partial charge in [0.2, 0.25) is 0 Å². The number of thioether (sulfide) groups is 1. The summed E-state index contributed by atoms with van der Waals surface area (Å²) in [6.07, 6.45) is 0. The van der Waals surface area contributed by atoms with E-state index >= 15 is 0 Å². The molecule has 3 rings (SSSR count). The highest BCUT2D eigenvalue weighted by Gasteiger charge is 2.18. The van der Waals surface area contributed by atoms with Gasteiger partial charge in [-0.25, -0.2) is 9.78 Å². The Hall–Kier alpha value is -1.99. The summed E-state index contributed by atoms with van der Waals surface area (Å²) in [5.74, 6) is 1.33. The number of rotatable bonds is 5. The van der Waals surface area contributed by atoms with Crippen molar-refractivity contribution in [1.29, 1.82) is 0 Å². The van der Waals surface area contributed by atoms with E-state index in [-0.39, 0.29) is 5.56 Å². The van der Waals surface area contributed by atoms with Gasteiger partial charge in [0.25, 0.3) is 5.56 Å². The van der Waals surface area contributed by atoms with E-state index in [0.29, 0.717) is 33.8 Å². The molecule has 0 fully saturated rings.